The molecule has 0 radical (unpaired) electrons. The van der Waals surface area contributed by atoms with Crippen molar-refractivity contribution in [3.05, 3.63) is 48.6 Å². The highest BCUT2D eigenvalue weighted by atomic mass is 31.2. The van der Waals surface area contributed by atoms with E-state index in [1.807, 2.05) is 45.4 Å². The number of unbranched alkanes of at least 4 members (excludes halogenated alkanes) is 13. The highest BCUT2D eigenvalue weighted by Gasteiger charge is 2.27. The van der Waals surface area contributed by atoms with Gasteiger partial charge in [-0.1, -0.05) is 133 Å². The third-order valence-electron chi connectivity index (χ3n) is 8.34. The summed E-state index contributed by atoms with van der Waals surface area (Å²) in [5, 5.41) is 0. The molecule has 0 amide bonds. The number of nitrogens with zero attached hydrogens (tertiary/aromatic N) is 1. The number of hydrogen-bond acceptors (Lipinski definition) is 8. The predicted octanol–water partition coefficient (Wildman–Crippen LogP) is 10.3. The van der Waals surface area contributed by atoms with Crippen molar-refractivity contribution < 1.29 is 46.8 Å². The Balaban J connectivity index is 4.56. The molecule has 0 rings (SSSR count). The number of hydrogen-bond donors (Lipinski definition) is 1. The Hall–Kier alpha value is -2.36. The number of likely N-dealkylation sites (N-methyl/N-ethyl adjacent to an activating group) is 1. The summed E-state index contributed by atoms with van der Waals surface area (Å²) in [6.45, 7) is 4.15. The van der Waals surface area contributed by atoms with Crippen LogP contribution in [0.4, 0.5) is 0 Å². The van der Waals surface area contributed by atoms with Crippen LogP contribution in [0.1, 0.15) is 149 Å². The molecule has 0 bridgehead atoms. The zero-order valence-corrected chi connectivity index (χ0v) is 34.9. The van der Waals surface area contributed by atoms with E-state index in [2.05, 4.69) is 26.0 Å². The smallest absolute Gasteiger partial charge is 0.462 e. The zero-order valence-electron chi connectivity index (χ0n) is 34.0. The van der Waals surface area contributed by atoms with E-state index in [0.717, 1.165) is 51.4 Å². The average Bonchev–Trinajstić information content (AvgIpc) is 3.09. The van der Waals surface area contributed by atoms with Crippen LogP contribution in [0.5, 0.6) is 0 Å². The van der Waals surface area contributed by atoms with Crippen molar-refractivity contribution >= 4 is 25.5 Å². The van der Waals surface area contributed by atoms with Gasteiger partial charge in [-0.3, -0.25) is 23.4 Å². The van der Waals surface area contributed by atoms with E-state index in [-0.39, 0.29) is 31.8 Å². The maximum atomic E-state index is 12.6. The molecule has 0 saturated heterocycles. The monoisotopic (exact) mass is 769 g/mol. The first-order chi connectivity index (χ1) is 25.4. The largest absolute Gasteiger partial charge is 0.472 e. The number of ether oxygens (including phenoxy) is 2. The minimum absolute atomic E-state index is 0.0100. The maximum Gasteiger partial charge on any atom is 0.472 e. The molecular formula is C42H75NO9P+. The molecule has 0 aromatic rings. The molecule has 2 atom stereocenters. The number of phosphoric acid groups is 1. The minimum atomic E-state index is -4.40. The summed E-state index contributed by atoms with van der Waals surface area (Å²) < 4.78 is 34.1. The fourth-order valence-corrected chi connectivity index (χ4v) is 5.82. The summed E-state index contributed by atoms with van der Waals surface area (Å²) in [6.07, 6.45) is 34.4. The molecule has 0 aliphatic rings. The Kier molecular flexibility index (Phi) is 32.6. The number of allylic oxidation sites excluding steroid dienone is 8. The molecule has 0 fully saturated rings. The lowest BCUT2D eigenvalue weighted by molar-refractivity contribution is -0.870. The van der Waals surface area contributed by atoms with Crippen molar-refractivity contribution in [3.8, 4) is 0 Å². The summed E-state index contributed by atoms with van der Waals surface area (Å²) in [5.74, 6) is -0.734. The van der Waals surface area contributed by atoms with Crippen molar-refractivity contribution in [3.63, 3.8) is 0 Å². The van der Waals surface area contributed by atoms with Gasteiger partial charge in [-0.2, -0.15) is 0 Å². The minimum Gasteiger partial charge on any atom is -0.462 e. The quantitative estimate of drug-likeness (QED) is 0.0126. The Bertz CT molecular complexity index is 1110. The Morgan fingerprint density at radius 3 is 1.83 bits per heavy atom. The van der Waals surface area contributed by atoms with Crippen LogP contribution in [0.15, 0.2) is 48.6 Å². The van der Waals surface area contributed by atoms with E-state index in [4.69, 9.17) is 18.5 Å². The van der Waals surface area contributed by atoms with Gasteiger partial charge in [-0.25, -0.2) is 4.57 Å². The highest BCUT2D eigenvalue weighted by Crippen LogP contribution is 2.43. The first-order valence-corrected chi connectivity index (χ1v) is 21.8. The standard InChI is InChI=1S/C42H74NO9P/c1-6-8-10-11-12-13-15-19-22-25-29-33-41(45)49-37-40(38-51-53(47,48)50-36-35-43(3,4)5)52-42(46)34-30-26-23-20-17-14-16-18-21-24-28-32-39(44)31-27-9-7-2/h14,16,20-21,23-24,28,32,40H,6-13,15,17-19,22,25-27,29-31,33-38H2,1-5H3/p+1/b16-14-,23-20-,24-21-,32-28+/t40-/m1/s1. The van der Waals surface area contributed by atoms with Crippen LogP contribution < -0.4 is 0 Å². The number of esters is 2. The van der Waals surface area contributed by atoms with E-state index >= 15 is 0 Å². The van der Waals surface area contributed by atoms with E-state index in [9.17, 15) is 23.8 Å². The van der Waals surface area contributed by atoms with Crippen molar-refractivity contribution in [1.29, 1.82) is 0 Å². The summed E-state index contributed by atoms with van der Waals surface area (Å²) in [7, 11) is 1.40. The van der Waals surface area contributed by atoms with Crippen LogP contribution in [0.3, 0.4) is 0 Å². The van der Waals surface area contributed by atoms with Crippen LogP contribution in [-0.2, 0) is 37.5 Å². The summed E-state index contributed by atoms with van der Waals surface area (Å²) in [5.41, 5.74) is 0. The first kappa shape index (κ1) is 50.6. The second-order valence-electron chi connectivity index (χ2n) is 14.7. The molecule has 1 unspecified atom stereocenters. The second-order valence-corrected chi connectivity index (χ2v) is 16.2. The molecule has 10 nitrogen and oxygen atoms in total. The Morgan fingerprint density at radius 2 is 1.19 bits per heavy atom. The van der Waals surface area contributed by atoms with Crippen LogP contribution in [0.2, 0.25) is 0 Å². The van der Waals surface area contributed by atoms with Gasteiger partial charge in [0.1, 0.15) is 19.8 Å². The van der Waals surface area contributed by atoms with E-state index in [1.165, 1.54) is 51.4 Å². The highest BCUT2D eigenvalue weighted by molar-refractivity contribution is 7.47. The molecule has 0 aromatic heterocycles. The third-order valence-corrected chi connectivity index (χ3v) is 9.32. The maximum absolute atomic E-state index is 12.6. The van der Waals surface area contributed by atoms with E-state index < -0.39 is 32.5 Å². The Labute approximate surface area is 322 Å². The van der Waals surface area contributed by atoms with Crippen molar-refractivity contribution in [1.82, 2.24) is 0 Å². The number of phosphoric ester groups is 1. The van der Waals surface area contributed by atoms with Gasteiger partial charge >= 0.3 is 19.8 Å². The zero-order chi connectivity index (χ0) is 39.5. The van der Waals surface area contributed by atoms with Crippen LogP contribution in [0, 0.1) is 0 Å². The van der Waals surface area contributed by atoms with Gasteiger partial charge in [0.15, 0.2) is 11.9 Å². The van der Waals surface area contributed by atoms with E-state index in [1.54, 1.807) is 12.2 Å². The number of quaternary nitrogens is 1. The SMILES string of the molecule is CCCCCCCCCCCCCC(=O)OC[C@H](COP(=O)(O)OCC[N+](C)(C)C)OC(=O)CCC/C=C\C/C=C\C/C=C\C=C\C(=O)CCCCC. The predicted molar refractivity (Wildman–Crippen MR) is 215 cm³/mol. The lowest BCUT2D eigenvalue weighted by Crippen LogP contribution is -2.37. The van der Waals surface area contributed by atoms with Gasteiger partial charge in [0, 0.05) is 19.3 Å². The number of carbonyl (C=O) groups is 3. The molecule has 0 heterocycles. The van der Waals surface area contributed by atoms with Gasteiger partial charge < -0.3 is 18.9 Å². The van der Waals surface area contributed by atoms with Crippen LogP contribution in [0.25, 0.3) is 0 Å². The topological polar surface area (TPSA) is 125 Å². The molecule has 53 heavy (non-hydrogen) atoms. The Morgan fingerprint density at radius 1 is 0.642 bits per heavy atom. The number of ketones is 1. The second kappa shape index (κ2) is 34.2. The molecule has 0 saturated carbocycles. The summed E-state index contributed by atoms with van der Waals surface area (Å²) >= 11 is 0. The van der Waals surface area contributed by atoms with Gasteiger partial charge in [0.25, 0.3) is 0 Å². The fourth-order valence-electron chi connectivity index (χ4n) is 5.08. The van der Waals surface area contributed by atoms with Crippen molar-refractivity contribution in [2.45, 2.75) is 155 Å². The van der Waals surface area contributed by atoms with Gasteiger partial charge in [-0.05, 0) is 44.6 Å². The lowest BCUT2D eigenvalue weighted by Gasteiger charge is -2.24. The molecule has 0 aliphatic heterocycles. The van der Waals surface area contributed by atoms with Crippen molar-refractivity contribution in [2.24, 2.45) is 0 Å². The molecule has 0 spiro atoms. The van der Waals surface area contributed by atoms with Crippen molar-refractivity contribution in [2.75, 3.05) is 47.5 Å². The first-order valence-electron chi connectivity index (χ1n) is 20.3. The molecule has 0 aromatic carbocycles. The molecular weight excluding hydrogens is 693 g/mol. The summed E-state index contributed by atoms with van der Waals surface area (Å²) in [4.78, 5) is 46.9. The van der Waals surface area contributed by atoms with Crippen LogP contribution >= 0.6 is 7.82 Å². The fraction of sp³-hybridized carbons (Fsp3) is 0.738. The summed E-state index contributed by atoms with van der Waals surface area (Å²) in [6, 6.07) is 0. The average molecular weight is 769 g/mol. The molecule has 0 aliphatic carbocycles. The van der Waals surface area contributed by atoms with E-state index in [0.29, 0.717) is 30.3 Å². The number of rotatable bonds is 36. The van der Waals surface area contributed by atoms with Gasteiger partial charge in [-0.15, -0.1) is 0 Å². The normalized spacial score (nSPS) is 14.1. The molecule has 11 heteroatoms. The third kappa shape index (κ3) is 37.7. The van der Waals surface area contributed by atoms with Gasteiger partial charge in [0.2, 0.25) is 0 Å². The van der Waals surface area contributed by atoms with Crippen LogP contribution in [-0.4, -0.2) is 80.7 Å². The molecule has 306 valence electrons. The lowest BCUT2D eigenvalue weighted by atomic mass is 10.1. The molecule has 1 N–H and O–H groups in total. The van der Waals surface area contributed by atoms with Gasteiger partial charge in [0.05, 0.1) is 27.7 Å². The number of carbonyl (C=O) groups excluding carboxylic acids is 3.